The maximum Gasteiger partial charge on any atom is 0.251 e. The zero-order valence-electron chi connectivity index (χ0n) is 15.7. The van der Waals surface area contributed by atoms with E-state index in [1.807, 2.05) is 47.4 Å². The molecule has 1 saturated heterocycles. The number of nitrogens with one attached hydrogen (secondary N) is 1. The van der Waals surface area contributed by atoms with Crippen LogP contribution < -0.4 is 10.1 Å². The van der Waals surface area contributed by atoms with Crippen molar-refractivity contribution in [2.24, 2.45) is 5.92 Å². The fourth-order valence-corrected chi connectivity index (χ4v) is 4.58. The number of hydrogen-bond donors (Lipinski definition) is 1. The van der Waals surface area contributed by atoms with Crippen LogP contribution in [0.15, 0.2) is 48.5 Å². The molecule has 1 heterocycles. The number of rotatable bonds is 5. The van der Waals surface area contributed by atoms with Gasteiger partial charge in [-0.05, 0) is 48.6 Å². The lowest BCUT2D eigenvalue weighted by molar-refractivity contribution is -0.132. The predicted octanol–water partition coefficient (Wildman–Crippen LogP) is 3.31. The third-order valence-electron chi connectivity index (χ3n) is 5.82. The van der Waals surface area contributed by atoms with Gasteiger partial charge in [0.25, 0.3) is 5.91 Å². The van der Waals surface area contributed by atoms with Crippen molar-refractivity contribution in [2.45, 2.75) is 31.3 Å². The molecule has 2 aromatic rings. The third kappa shape index (κ3) is 3.72. The molecule has 0 radical (unpaired) electrons. The number of carbonyl (C=O) groups excluding carboxylic acids is 2. The number of ether oxygens (including phenoxy) is 1. The van der Waals surface area contributed by atoms with E-state index in [1.165, 1.54) is 0 Å². The highest BCUT2D eigenvalue weighted by Gasteiger charge is 2.46. The van der Waals surface area contributed by atoms with Gasteiger partial charge in [0.1, 0.15) is 5.75 Å². The first-order valence-corrected chi connectivity index (χ1v) is 9.90. The van der Waals surface area contributed by atoms with Crippen LogP contribution in [0.2, 0.25) is 5.02 Å². The minimum atomic E-state index is -0.0407. The minimum Gasteiger partial charge on any atom is -0.497 e. The lowest BCUT2D eigenvalue weighted by Gasteiger charge is -2.32. The molecule has 2 aliphatic rings. The van der Waals surface area contributed by atoms with E-state index in [0.29, 0.717) is 28.8 Å². The van der Waals surface area contributed by atoms with Crippen LogP contribution in [-0.2, 0) is 11.2 Å². The quantitative estimate of drug-likeness (QED) is 0.840. The van der Waals surface area contributed by atoms with E-state index in [2.05, 4.69) is 5.32 Å². The second-order valence-electron chi connectivity index (χ2n) is 7.51. The number of methoxy groups -OCH3 is 1. The summed E-state index contributed by atoms with van der Waals surface area (Å²) in [6.45, 7) is 0.691. The molecule has 4 rings (SSSR count). The molecular formula is C22H23ClN2O3. The van der Waals surface area contributed by atoms with E-state index < -0.39 is 0 Å². The van der Waals surface area contributed by atoms with Gasteiger partial charge in [-0.3, -0.25) is 9.59 Å². The van der Waals surface area contributed by atoms with Crippen molar-refractivity contribution >= 4 is 23.4 Å². The topological polar surface area (TPSA) is 58.6 Å². The number of nitrogens with zero attached hydrogens (tertiary/aromatic N) is 1. The molecule has 1 N–H and O–H groups in total. The van der Waals surface area contributed by atoms with Crippen molar-refractivity contribution in [3.05, 3.63) is 64.7 Å². The molecule has 2 amide bonds. The number of piperidine rings is 1. The van der Waals surface area contributed by atoms with E-state index in [9.17, 15) is 9.59 Å². The van der Waals surface area contributed by atoms with Crippen molar-refractivity contribution in [2.75, 3.05) is 13.7 Å². The lowest BCUT2D eigenvalue weighted by Crippen LogP contribution is -2.48. The SMILES string of the molecule is COc1ccc(CC(=O)N2C[C@@H]3C[C@H]2C[C@@H]3NC(=O)c2ccccc2)c(Cl)c1. The summed E-state index contributed by atoms with van der Waals surface area (Å²) in [4.78, 5) is 27.2. The number of halogens is 1. The van der Waals surface area contributed by atoms with Gasteiger partial charge in [-0.25, -0.2) is 0 Å². The first-order chi connectivity index (χ1) is 13.5. The molecule has 6 heteroatoms. The van der Waals surface area contributed by atoms with Crippen LogP contribution in [0.1, 0.15) is 28.8 Å². The average Bonchev–Trinajstić information content (AvgIpc) is 3.30. The molecule has 0 unspecified atom stereocenters. The molecule has 2 bridgehead atoms. The Balaban J connectivity index is 1.35. The van der Waals surface area contributed by atoms with Crippen LogP contribution in [0, 0.1) is 5.92 Å². The summed E-state index contributed by atoms with van der Waals surface area (Å²) in [5.41, 5.74) is 1.48. The maximum absolute atomic E-state index is 12.8. The Labute approximate surface area is 169 Å². The van der Waals surface area contributed by atoms with E-state index in [4.69, 9.17) is 16.3 Å². The number of likely N-dealkylation sites (tertiary alicyclic amines) is 1. The van der Waals surface area contributed by atoms with Gasteiger partial charge in [0.15, 0.2) is 0 Å². The molecule has 5 nitrogen and oxygen atoms in total. The van der Waals surface area contributed by atoms with Crippen molar-refractivity contribution in [1.82, 2.24) is 10.2 Å². The summed E-state index contributed by atoms with van der Waals surface area (Å²) in [5.74, 6) is 1.04. The van der Waals surface area contributed by atoms with Gasteiger partial charge in [-0.15, -0.1) is 0 Å². The van der Waals surface area contributed by atoms with Crippen molar-refractivity contribution in [3.63, 3.8) is 0 Å². The van der Waals surface area contributed by atoms with E-state index in [1.54, 1.807) is 13.2 Å². The first-order valence-electron chi connectivity index (χ1n) is 9.53. The standard InChI is InChI=1S/C22H23ClN2O3/c1-28-18-8-7-15(19(23)12-18)10-21(26)25-13-16-9-17(25)11-20(16)24-22(27)14-5-3-2-4-6-14/h2-8,12,16-17,20H,9-11,13H2,1H3,(H,24,27)/t16-,17-,20-/m0/s1. The maximum atomic E-state index is 12.8. The summed E-state index contributed by atoms with van der Waals surface area (Å²) >= 11 is 6.28. The highest BCUT2D eigenvalue weighted by Crippen LogP contribution is 2.38. The second kappa shape index (κ2) is 7.84. The molecular weight excluding hydrogens is 376 g/mol. The zero-order chi connectivity index (χ0) is 19.7. The highest BCUT2D eigenvalue weighted by atomic mass is 35.5. The Bertz CT molecular complexity index is 887. The molecule has 146 valence electrons. The molecule has 1 aliphatic heterocycles. The Kier molecular flexibility index (Phi) is 5.27. The summed E-state index contributed by atoms with van der Waals surface area (Å²) in [6.07, 6.45) is 2.04. The van der Waals surface area contributed by atoms with Gasteiger partial charge >= 0.3 is 0 Å². The largest absolute Gasteiger partial charge is 0.497 e. The number of carbonyl (C=O) groups is 2. The van der Waals surface area contributed by atoms with Crippen molar-refractivity contribution in [3.8, 4) is 5.75 Å². The van der Waals surface area contributed by atoms with Crippen LogP contribution in [0.4, 0.5) is 0 Å². The van der Waals surface area contributed by atoms with Crippen molar-refractivity contribution in [1.29, 1.82) is 0 Å². The van der Waals surface area contributed by atoms with Crippen LogP contribution in [0.25, 0.3) is 0 Å². The summed E-state index contributed by atoms with van der Waals surface area (Å²) < 4.78 is 5.16. The Morgan fingerprint density at radius 2 is 1.96 bits per heavy atom. The Morgan fingerprint density at radius 1 is 1.18 bits per heavy atom. The number of hydrogen-bond acceptors (Lipinski definition) is 3. The first kappa shape index (κ1) is 18.8. The Morgan fingerprint density at radius 3 is 2.61 bits per heavy atom. The number of amides is 2. The van der Waals surface area contributed by atoms with E-state index in [0.717, 1.165) is 18.4 Å². The highest BCUT2D eigenvalue weighted by molar-refractivity contribution is 6.31. The van der Waals surface area contributed by atoms with Gasteiger partial charge in [0.2, 0.25) is 5.91 Å². The average molecular weight is 399 g/mol. The molecule has 28 heavy (non-hydrogen) atoms. The monoisotopic (exact) mass is 398 g/mol. The molecule has 2 aromatic carbocycles. The van der Waals surface area contributed by atoms with Crippen molar-refractivity contribution < 1.29 is 14.3 Å². The van der Waals surface area contributed by atoms with Crippen LogP contribution in [0.5, 0.6) is 5.75 Å². The Hall–Kier alpha value is -2.53. The van der Waals surface area contributed by atoms with E-state index >= 15 is 0 Å². The van der Waals surface area contributed by atoms with Crippen LogP contribution >= 0.6 is 11.6 Å². The van der Waals surface area contributed by atoms with Crippen LogP contribution in [0.3, 0.4) is 0 Å². The minimum absolute atomic E-state index is 0.0407. The third-order valence-corrected chi connectivity index (χ3v) is 6.17. The molecule has 1 aliphatic carbocycles. The fourth-order valence-electron chi connectivity index (χ4n) is 4.34. The van der Waals surface area contributed by atoms with Gasteiger partial charge in [0, 0.05) is 29.2 Å². The second-order valence-corrected chi connectivity index (χ2v) is 7.92. The molecule has 0 aromatic heterocycles. The van der Waals surface area contributed by atoms with Gasteiger partial charge in [0.05, 0.1) is 13.5 Å². The fraction of sp³-hybridized carbons (Fsp3) is 0.364. The van der Waals surface area contributed by atoms with Gasteiger partial charge < -0.3 is 15.0 Å². The molecule has 1 saturated carbocycles. The summed E-state index contributed by atoms with van der Waals surface area (Å²) in [7, 11) is 1.59. The molecule has 2 fully saturated rings. The van der Waals surface area contributed by atoms with Crippen LogP contribution in [-0.4, -0.2) is 42.5 Å². The number of fused-ring (bicyclic) bond motifs is 2. The van der Waals surface area contributed by atoms with Gasteiger partial charge in [-0.1, -0.05) is 35.9 Å². The van der Waals surface area contributed by atoms with E-state index in [-0.39, 0.29) is 30.3 Å². The normalized spacial score (nSPS) is 22.9. The summed E-state index contributed by atoms with van der Waals surface area (Å²) in [6, 6.07) is 15.0. The summed E-state index contributed by atoms with van der Waals surface area (Å²) in [5, 5.41) is 3.69. The lowest BCUT2D eigenvalue weighted by atomic mass is 10.0. The molecule has 3 atom stereocenters. The number of benzene rings is 2. The zero-order valence-corrected chi connectivity index (χ0v) is 16.5. The molecule has 0 spiro atoms. The van der Waals surface area contributed by atoms with Gasteiger partial charge in [-0.2, -0.15) is 0 Å². The smallest absolute Gasteiger partial charge is 0.251 e. The predicted molar refractivity (Wildman–Crippen MR) is 108 cm³/mol.